The van der Waals surface area contributed by atoms with Gasteiger partial charge in [0.15, 0.2) is 0 Å². The smallest absolute Gasteiger partial charge is 0.276 e. The zero-order chi connectivity index (χ0) is 17.1. The molecular weight excluding hydrogens is 310 g/mol. The summed E-state index contributed by atoms with van der Waals surface area (Å²) < 4.78 is 0. The van der Waals surface area contributed by atoms with Crippen molar-refractivity contribution in [2.24, 2.45) is 0 Å². The van der Waals surface area contributed by atoms with Crippen LogP contribution < -0.4 is 10.2 Å². The van der Waals surface area contributed by atoms with E-state index < -0.39 is 0 Å². The van der Waals surface area contributed by atoms with Gasteiger partial charge in [-0.3, -0.25) is 9.78 Å². The van der Waals surface area contributed by atoms with Crippen LogP contribution in [-0.4, -0.2) is 17.4 Å². The molecule has 1 N–H and O–H groups in total. The van der Waals surface area contributed by atoms with Crippen LogP contribution >= 0.6 is 0 Å². The van der Waals surface area contributed by atoms with E-state index in [2.05, 4.69) is 28.5 Å². The molecule has 0 atom stereocenters. The molecule has 0 radical (unpaired) electrons. The Morgan fingerprint density at radius 2 is 1.84 bits per heavy atom. The fourth-order valence-corrected chi connectivity index (χ4v) is 3.14. The van der Waals surface area contributed by atoms with Gasteiger partial charge in [0.25, 0.3) is 5.91 Å². The van der Waals surface area contributed by atoms with E-state index in [4.69, 9.17) is 0 Å². The number of aromatic nitrogens is 1. The fourth-order valence-electron chi connectivity index (χ4n) is 3.14. The van der Waals surface area contributed by atoms with Crippen molar-refractivity contribution in [2.75, 3.05) is 16.8 Å². The summed E-state index contributed by atoms with van der Waals surface area (Å²) in [6.45, 7) is 1.42. The first-order valence-electron chi connectivity index (χ1n) is 8.45. The lowest BCUT2D eigenvalue weighted by molar-refractivity contribution is 0.0984. The summed E-state index contributed by atoms with van der Waals surface area (Å²) in [5.41, 5.74) is 4.77. The first kappa shape index (κ1) is 15.4. The van der Waals surface area contributed by atoms with Crippen molar-refractivity contribution >= 4 is 17.3 Å². The van der Waals surface area contributed by atoms with Gasteiger partial charge in [0, 0.05) is 30.7 Å². The molecule has 2 aromatic carbocycles. The van der Waals surface area contributed by atoms with Crippen LogP contribution in [0.15, 0.2) is 72.9 Å². The Hall–Kier alpha value is -3.14. The topological polar surface area (TPSA) is 45.2 Å². The summed E-state index contributed by atoms with van der Waals surface area (Å²) in [4.78, 5) is 19.0. The van der Waals surface area contributed by atoms with E-state index in [1.165, 1.54) is 11.1 Å². The van der Waals surface area contributed by atoms with Gasteiger partial charge in [0.05, 0.1) is 0 Å². The van der Waals surface area contributed by atoms with E-state index in [1.54, 1.807) is 6.20 Å². The molecule has 2 heterocycles. The number of fused-ring (bicyclic) bond motifs is 1. The third-order valence-corrected chi connectivity index (χ3v) is 4.45. The number of benzene rings is 2. The average Bonchev–Trinajstić information content (AvgIpc) is 3.11. The molecule has 0 saturated carbocycles. The van der Waals surface area contributed by atoms with Crippen molar-refractivity contribution in [2.45, 2.75) is 13.0 Å². The first-order chi connectivity index (χ1) is 12.3. The molecule has 0 fully saturated rings. The van der Waals surface area contributed by atoms with Crippen LogP contribution in [0.3, 0.4) is 0 Å². The Kier molecular flexibility index (Phi) is 4.17. The lowest BCUT2D eigenvalue weighted by atomic mass is 10.2. The van der Waals surface area contributed by atoms with Crippen LogP contribution in [0.1, 0.15) is 21.6 Å². The maximum Gasteiger partial charge on any atom is 0.276 e. The van der Waals surface area contributed by atoms with Gasteiger partial charge in [-0.05, 0) is 35.7 Å². The Bertz CT molecular complexity index is 892. The number of carbonyl (C=O) groups is 1. The number of amides is 1. The second kappa shape index (κ2) is 6.77. The van der Waals surface area contributed by atoms with Crippen LogP contribution in [0.4, 0.5) is 11.4 Å². The molecule has 0 aliphatic carbocycles. The van der Waals surface area contributed by atoms with Crippen LogP contribution in [0.5, 0.6) is 0 Å². The zero-order valence-corrected chi connectivity index (χ0v) is 13.9. The number of hydrogen-bond donors (Lipinski definition) is 1. The van der Waals surface area contributed by atoms with Crippen molar-refractivity contribution in [3.63, 3.8) is 0 Å². The molecule has 0 unspecified atom stereocenters. The van der Waals surface area contributed by atoms with E-state index >= 15 is 0 Å². The van der Waals surface area contributed by atoms with Crippen LogP contribution in [0.25, 0.3) is 0 Å². The van der Waals surface area contributed by atoms with E-state index in [0.29, 0.717) is 18.8 Å². The van der Waals surface area contributed by atoms with E-state index in [1.807, 2.05) is 53.4 Å². The lowest BCUT2D eigenvalue weighted by Gasteiger charge is -2.17. The normalized spacial score (nSPS) is 12.7. The Morgan fingerprint density at radius 1 is 1.04 bits per heavy atom. The van der Waals surface area contributed by atoms with E-state index in [0.717, 1.165) is 17.8 Å². The molecule has 4 heteroatoms. The Balaban J connectivity index is 1.51. The Labute approximate surface area is 147 Å². The lowest BCUT2D eigenvalue weighted by Crippen LogP contribution is -2.29. The van der Waals surface area contributed by atoms with Crippen molar-refractivity contribution in [1.82, 2.24) is 4.98 Å². The molecule has 3 aromatic rings. The van der Waals surface area contributed by atoms with E-state index in [9.17, 15) is 4.79 Å². The fraction of sp³-hybridized carbons (Fsp3) is 0.143. The maximum absolute atomic E-state index is 12.9. The van der Waals surface area contributed by atoms with Crippen LogP contribution in [0.2, 0.25) is 0 Å². The summed E-state index contributed by atoms with van der Waals surface area (Å²) in [5.74, 6) is -0.0479. The molecule has 124 valence electrons. The number of pyridine rings is 1. The van der Waals surface area contributed by atoms with Gasteiger partial charge in [-0.25, -0.2) is 0 Å². The van der Waals surface area contributed by atoms with Crippen LogP contribution in [-0.2, 0) is 13.0 Å². The number of carbonyl (C=O) groups excluding carboxylic acids is 1. The monoisotopic (exact) mass is 329 g/mol. The van der Waals surface area contributed by atoms with Crippen molar-refractivity contribution in [1.29, 1.82) is 0 Å². The first-order valence-corrected chi connectivity index (χ1v) is 8.45. The summed E-state index contributed by atoms with van der Waals surface area (Å²) in [7, 11) is 0. The quantitative estimate of drug-likeness (QED) is 0.790. The molecule has 25 heavy (non-hydrogen) atoms. The zero-order valence-electron chi connectivity index (χ0n) is 13.9. The number of hydrogen-bond acceptors (Lipinski definition) is 3. The average molecular weight is 329 g/mol. The molecule has 0 spiro atoms. The van der Waals surface area contributed by atoms with Gasteiger partial charge in [0.2, 0.25) is 0 Å². The van der Waals surface area contributed by atoms with Crippen molar-refractivity contribution < 1.29 is 4.79 Å². The number of anilines is 2. The Morgan fingerprint density at radius 3 is 2.72 bits per heavy atom. The summed E-state index contributed by atoms with van der Waals surface area (Å²) in [6, 6.07) is 21.9. The highest BCUT2D eigenvalue weighted by Gasteiger charge is 2.25. The maximum atomic E-state index is 12.9. The van der Waals surface area contributed by atoms with Gasteiger partial charge in [-0.15, -0.1) is 0 Å². The summed E-state index contributed by atoms with van der Waals surface area (Å²) >= 11 is 0. The standard InChI is InChI=1S/C21H19N3O/c25-21(24-13-11-17-8-4-5-9-20(17)24)19-14-18(10-12-22-19)23-15-16-6-2-1-3-7-16/h1-10,12,14H,11,13,15H2,(H,22,23). The second-order valence-corrected chi connectivity index (χ2v) is 6.10. The summed E-state index contributed by atoms with van der Waals surface area (Å²) in [5, 5.41) is 3.36. The number of nitrogens with one attached hydrogen (secondary N) is 1. The van der Waals surface area contributed by atoms with Crippen molar-refractivity contribution in [3.05, 3.63) is 89.7 Å². The minimum absolute atomic E-state index is 0.0479. The number of nitrogens with zero attached hydrogens (tertiary/aromatic N) is 2. The highest BCUT2D eigenvalue weighted by Crippen LogP contribution is 2.28. The molecule has 0 saturated heterocycles. The SMILES string of the molecule is O=C(c1cc(NCc2ccccc2)ccn1)N1CCc2ccccc21. The second-order valence-electron chi connectivity index (χ2n) is 6.10. The highest BCUT2D eigenvalue weighted by atomic mass is 16.2. The van der Waals surface area contributed by atoms with E-state index in [-0.39, 0.29) is 5.91 Å². The third-order valence-electron chi connectivity index (χ3n) is 4.45. The molecule has 1 amide bonds. The molecular formula is C21H19N3O. The molecule has 0 bridgehead atoms. The summed E-state index contributed by atoms with van der Waals surface area (Å²) in [6.07, 6.45) is 2.58. The number of para-hydroxylation sites is 1. The van der Waals surface area contributed by atoms with Crippen molar-refractivity contribution in [3.8, 4) is 0 Å². The van der Waals surface area contributed by atoms with Crippen LogP contribution in [0, 0.1) is 0 Å². The minimum Gasteiger partial charge on any atom is -0.381 e. The molecule has 1 aliphatic heterocycles. The van der Waals surface area contributed by atoms with Gasteiger partial charge in [-0.2, -0.15) is 0 Å². The molecule has 4 rings (SSSR count). The van der Waals surface area contributed by atoms with Gasteiger partial charge in [-0.1, -0.05) is 48.5 Å². The minimum atomic E-state index is -0.0479. The predicted octanol–water partition coefficient (Wildman–Crippen LogP) is 3.90. The van der Waals surface area contributed by atoms with Gasteiger partial charge in [0.1, 0.15) is 5.69 Å². The predicted molar refractivity (Wildman–Crippen MR) is 99.8 cm³/mol. The highest BCUT2D eigenvalue weighted by molar-refractivity contribution is 6.06. The third kappa shape index (κ3) is 3.24. The van der Waals surface area contributed by atoms with Gasteiger partial charge >= 0.3 is 0 Å². The largest absolute Gasteiger partial charge is 0.381 e. The molecule has 1 aromatic heterocycles. The van der Waals surface area contributed by atoms with Gasteiger partial charge < -0.3 is 10.2 Å². The molecule has 4 nitrogen and oxygen atoms in total. The molecule has 1 aliphatic rings. The number of rotatable bonds is 4.